The highest BCUT2D eigenvalue weighted by Crippen LogP contribution is 2.22. The van der Waals surface area contributed by atoms with Crippen molar-refractivity contribution in [3.05, 3.63) is 44.9 Å². The number of halogens is 1. The lowest BCUT2D eigenvalue weighted by Gasteiger charge is -2.15. The molecule has 0 aliphatic carbocycles. The molecular formula is C20H31IN4OS. The predicted molar refractivity (Wildman–Crippen MR) is 126 cm³/mol. The van der Waals surface area contributed by atoms with Crippen molar-refractivity contribution in [2.45, 2.75) is 60.7 Å². The van der Waals surface area contributed by atoms with Gasteiger partial charge in [-0.15, -0.1) is 35.3 Å². The standard InChI is InChI=1S/C20H30N4OS.HI/c1-7-21-20(23-12-19-15(5)24-16(6)26-19)22-11-17-9-8-14(4)10-18(17)25-13(2)3;/h8-10,13H,7,11-12H2,1-6H3,(H2,21,22,23);1H. The number of ether oxygens (including phenoxy) is 1. The maximum Gasteiger partial charge on any atom is 0.191 e. The highest BCUT2D eigenvalue weighted by atomic mass is 127. The van der Waals surface area contributed by atoms with Gasteiger partial charge in [-0.05, 0) is 53.2 Å². The predicted octanol–water partition coefficient (Wildman–Crippen LogP) is 4.73. The number of nitrogens with one attached hydrogen (secondary N) is 2. The molecule has 2 aromatic rings. The van der Waals surface area contributed by atoms with Crippen LogP contribution in [0.1, 0.15) is 47.5 Å². The minimum atomic E-state index is 0. The summed E-state index contributed by atoms with van der Waals surface area (Å²) >= 11 is 1.72. The fraction of sp³-hybridized carbons (Fsp3) is 0.500. The lowest BCUT2D eigenvalue weighted by atomic mass is 10.1. The number of hydrogen-bond donors (Lipinski definition) is 2. The average Bonchev–Trinajstić information content (AvgIpc) is 2.88. The van der Waals surface area contributed by atoms with E-state index in [9.17, 15) is 0 Å². The first kappa shape index (κ1) is 23.7. The molecule has 150 valence electrons. The lowest BCUT2D eigenvalue weighted by molar-refractivity contribution is 0.240. The topological polar surface area (TPSA) is 58.5 Å². The molecule has 0 aliphatic rings. The number of nitrogens with zero attached hydrogens (tertiary/aromatic N) is 2. The van der Waals surface area contributed by atoms with Crippen LogP contribution in [0.5, 0.6) is 5.75 Å². The van der Waals surface area contributed by atoms with Gasteiger partial charge in [0, 0.05) is 17.0 Å². The first-order chi connectivity index (χ1) is 12.4. The number of hydrogen-bond acceptors (Lipinski definition) is 4. The van der Waals surface area contributed by atoms with Crippen LogP contribution in [-0.2, 0) is 13.1 Å². The largest absolute Gasteiger partial charge is 0.491 e. The second-order valence-electron chi connectivity index (χ2n) is 6.57. The van der Waals surface area contributed by atoms with Crippen LogP contribution >= 0.6 is 35.3 Å². The summed E-state index contributed by atoms with van der Waals surface area (Å²) in [7, 11) is 0. The van der Waals surface area contributed by atoms with E-state index >= 15 is 0 Å². The van der Waals surface area contributed by atoms with Gasteiger partial charge in [-0.3, -0.25) is 0 Å². The minimum Gasteiger partial charge on any atom is -0.491 e. The molecule has 0 amide bonds. The number of aliphatic imine (C=N–C) groups is 1. The van der Waals surface area contributed by atoms with Crippen molar-refractivity contribution in [1.82, 2.24) is 15.6 Å². The van der Waals surface area contributed by atoms with Crippen molar-refractivity contribution >= 4 is 41.3 Å². The summed E-state index contributed by atoms with van der Waals surface area (Å²) in [4.78, 5) is 10.5. The Morgan fingerprint density at radius 2 is 1.96 bits per heavy atom. The molecule has 2 N–H and O–H groups in total. The van der Waals surface area contributed by atoms with E-state index in [1.54, 1.807) is 11.3 Å². The van der Waals surface area contributed by atoms with Crippen LogP contribution < -0.4 is 15.4 Å². The second-order valence-corrected chi connectivity index (χ2v) is 7.86. The third-order valence-corrected chi connectivity index (χ3v) is 4.83. The molecule has 1 heterocycles. The van der Waals surface area contributed by atoms with Gasteiger partial charge in [-0.1, -0.05) is 12.1 Å². The normalized spacial score (nSPS) is 11.3. The van der Waals surface area contributed by atoms with Crippen molar-refractivity contribution < 1.29 is 4.74 Å². The van der Waals surface area contributed by atoms with Crippen LogP contribution in [-0.4, -0.2) is 23.6 Å². The Morgan fingerprint density at radius 3 is 2.56 bits per heavy atom. The highest BCUT2D eigenvalue weighted by molar-refractivity contribution is 14.0. The fourth-order valence-electron chi connectivity index (χ4n) is 2.56. The summed E-state index contributed by atoms with van der Waals surface area (Å²) in [5.74, 6) is 1.71. The Balaban J connectivity index is 0.00000364. The van der Waals surface area contributed by atoms with E-state index in [-0.39, 0.29) is 30.1 Å². The van der Waals surface area contributed by atoms with Gasteiger partial charge in [0.15, 0.2) is 5.96 Å². The van der Waals surface area contributed by atoms with Gasteiger partial charge >= 0.3 is 0 Å². The van der Waals surface area contributed by atoms with Gasteiger partial charge in [0.05, 0.1) is 29.9 Å². The molecule has 0 saturated heterocycles. The third kappa shape index (κ3) is 7.65. The van der Waals surface area contributed by atoms with Crippen molar-refractivity contribution in [3.63, 3.8) is 0 Å². The van der Waals surface area contributed by atoms with Gasteiger partial charge in [0.25, 0.3) is 0 Å². The summed E-state index contributed by atoms with van der Waals surface area (Å²) in [6.07, 6.45) is 0.142. The molecule has 0 saturated carbocycles. The molecule has 0 aliphatic heterocycles. The Hall–Kier alpha value is -1.35. The van der Waals surface area contributed by atoms with Crippen LogP contribution in [0.4, 0.5) is 0 Å². The van der Waals surface area contributed by atoms with E-state index < -0.39 is 0 Å². The zero-order valence-electron chi connectivity index (χ0n) is 17.0. The smallest absolute Gasteiger partial charge is 0.191 e. The molecule has 5 nitrogen and oxygen atoms in total. The molecule has 1 aromatic heterocycles. The molecule has 7 heteroatoms. The molecule has 0 bridgehead atoms. The second kappa shape index (κ2) is 11.5. The summed E-state index contributed by atoms with van der Waals surface area (Å²) in [5, 5.41) is 7.80. The molecule has 1 aromatic carbocycles. The van der Waals surface area contributed by atoms with E-state index in [4.69, 9.17) is 9.73 Å². The number of guanidine groups is 1. The summed E-state index contributed by atoms with van der Waals surface area (Å²) < 4.78 is 5.95. The van der Waals surface area contributed by atoms with Crippen LogP contribution in [0.15, 0.2) is 23.2 Å². The number of thiazole rings is 1. The molecule has 0 radical (unpaired) electrons. The molecular weight excluding hydrogens is 471 g/mol. The van der Waals surface area contributed by atoms with Crippen LogP contribution in [0, 0.1) is 20.8 Å². The molecule has 0 spiro atoms. The molecule has 0 atom stereocenters. The Labute approximate surface area is 184 Å². The number of aromatic nitrogens is 1. The summed E-state index contributed by atoms with van der Waals surface area (Å²) in [6.45, 7) is 14.4. The first-order valence-electron chi connectivity index (χ1n) is 9.10. The van der Waals surface area contributed by atoms with Crippen molar-refractivity contribution in [3.8, 4) is 5.75 Å². The fourth-order valence-corrected chi connectivity index (χ4v) is 3.44. The first-order valence-corrected chi connectivity index (χ1v) is 9.92. The maximum atomic E-state index is 5.95. The Kier molecular flexibility index (Phi) is 10.1. The lowest BCUT2D eigenvalue weighted by Crippen LogP contribution is -2.36. The van der Waals surface area contributed by atoms with Gasteiger partial charge < -0.3 is 15.4 Å². The summed E-state index contributed by atoms with van der Waals surface area (Å²) in [5.41, 5.74) is 3.36. The third-order valence-electron chi connectivity index (χ3n) is 3.75. The molecule has 27 heavy (non-hydrogen) atoms. The van der Waals surface area contributed by atoms with Gasteiger partial charge in [-0.2, -0.15) is 0 Å². The van der Waals surface area contributed by atoms with E-state index in [2.05, 4.69) is 47.7 Å². The van der Waals surface area contributed by atoms with Gasteiger partial charge in [0.1, 0.15) is 5.75 Å². The van der Waals surface area contributed by atoms with Gasteiger partial charge in [-0.25, -0.2) is 9.98 Å². The minimum absolute atomic E-state index is 0. The highest BCUT2D eigenvalue weighted by Gasteiger charge is 2.08. The van der Waals surface area contributed by atoms with Crippen LogP contribution in [0.25, 0.3) is 0 Å². The monoisotopic (exact) mass is 502 g/mol. The number of benzene rings is 1. The molecule has 0 unspecified atom stereocenters. The van der Waals surface area contributed by atoms with Crippen LogP contribution in [0.3, 0.4) is 0 Å². The zero-order chi connectivity index (χ0) is 19.1. The quantitative estimate of drug-likeness (QED) is 0.327. The van der Waals surface area contributed by atoms with E-state index in [0.717, 1.165) is 41.1 Å². The van der Waals surface area contributed by atoms with Crippen molar-refractivity contribution in [1.29, 1.82) is 0 Å². The van der Waals surface area contributed by atoms with E-state index in [1.807, 2.05) is 27.7 Å². The SMILES string of the molecule is CCNC(=NCc1ccc(C)cc1OC(C)C)NCc1sc(C)nc1C.I. The number of aryl methyl sites for hydroxylation is 3. The van der Waals surface area contributed by atoms with Crippen molar-refractivity contribution in [2.75, 3.05) is 6.54 Å². The number of rotatable bonds is 7. The zero-order valence-corrected chi connectivity index (χ0v) is 20.2. The van der Waals surface area contributed by atoms with E-state index in [0.29, 0.717) is 6.54 Å². The van der Waals surface area contributed by atoms with Crippen LogP contribution in [0.2, 0.25) is 0 Å². The Morgan fingerprint density at radius 1 is 1.22 bits per heavy atom. The van der Waals surface area contributed by atoms with Crippen molar-refractivity contribution in [2.24, 2.45) is 4.99 Å². The maximum absolute atomic E-state index is 5.95. The summed E-state index contributed by atoms with van der Waals surface area (Å²) in [6, 6.07) is 6.27. The molecule has 0 fully saturated rings. The average molecular weight is 502 g/mol. The molecule has 2 rings (SSSR count). The van der Waals surface area contributed by atoms with E-state index in [1.165, 1.54) is 10.4 Å². The van der Waals surface area contributed by atoms with Gasteiger partial charge in [0.2, 0.25) is 0 Å². The Bertz CT molecular complexity index is 758.